The van der Waals surface area contributed by atoms with Gasteiger partial charge in [0.2, 0.25) is 0 Å². The van der Waals surface area contributed by atoms with Gasteiger partial charge in [0, 0.05) is 33.5 Å². The smallest absolute Gasteiger partial charge is 0.0858 e. The minimum absolute atomic E-state index is 0.802. The van der Waals surface area contributed by atoms with E-state index in [4.69, 9.17) is 0 Å². The van der Waals surface area contributed by atoms with Crippen LogP contribution in [-0.4, -0.2) is 0 Å². The van der Waals surface area contributed by atoms with E-state index in [0.717, 1.165) is 34.1 Å². The monoisotopic (exact) mass is 464 g/mol. The molecule has 0 amide bonds. The van der Waals surface area contributed by atoms with Crippen molar-refractivity contribution < 1.29 is 0 Å². The highest BCUT2D eigenvalue weighted by molar-refractivity contribution is 5.96. The lowest BCUT2D eigenvalue weighted by Crippen LogP contribution is -1.90. The fourth-order valence-corrected chi connectivity index (χ4v) is 4.32. The molecule has 0 spiro atoms. The summed E-state index contributed by atoms with van der Waals surface area (Å²) >= 11 is 0. The topological polar surface area (TPSA) is 48.8 Å². The molecule has 6 aromatic carbocycles. The van der Waals surface area contributed by atoms with E-state index in [-0.39, 0.29) is 0 Å². The summed E-state index contributed by atoms with van der Waals surface area (Å²) in [5.41, 5.74) is 5.79. The molecule has 0 aromatic heterocycles. The van der Waals surface area contributed by atoms with Crippen LogP contribution in [0.4, 0.5) is 34.1 Å². The lowest BCUT2D eigenvalue weighted by molar-refractivity contribution is 1.23. The molecule has 0 fully saturated rings. The van der Waals surface area contributed by atoms with Gasteiger partial charge < -0.3 is 10.6 Å². The molecule has 172 valence electrons. The molecule has 0 radical (unpaired) electrons. The van der Waals surface area contributed by atoms with Crippen molar-refractivity contribution in [2.24, 2.45) is 10.2 Å². The molecule has 0 heterocycles. The molecule has 0 aliphatic carbocycles. The first kappa shape index (κ1) is 21.6. The minimum Gasteiger partial charge on any atom is -0.355 e. The highest BCUT2D eigenvalue weighted by Crippen LogP contribution is 2.29. The Balaban J connectivity index is 1.13. The van der Waals surface area contributed by atoms with Crippen molar-refractivity contribution in [1.82, 2.24) is 0 Å². The summed E-state index contributed by atoms with van der Waals surface area (Å²) in [6.45, 7) is 0. The van der Waals surface area contributed by atoms with Gasteiger partial charge in [-0.15, -0.1) is 0 Å². The highest BCUT2D eigenvalue weighted by atomic mass is 15.1. The number of hydrogen-bond donors (Lipinski definition) is 2. The first-order chi connectivity index (χ1) is 17.8. The molecule has 0 bridgehead atoms. The predicted molar refractivity (Wildman–Crippen MR) is 152 cm³/mol. The van der Waals surface area contributed by atoms with Crippen LogP contribution in [0.5, 0.6) is 0 Å². The first-order valence-corrected chi connectivity index (χ1v) is 11.9. The molecule has 6 aromatic rings. The predicted octanol–water partition coefficient (Wildman–Crippen LogP) is 9.90. The minimum atomic E-state index is 0.802. The van der Waals surface area contributed by atoms with Crippen LogP contribution in [0.3, 0.4) is 0 Å². The zero-order valence-corrected chi connectivity index (χ0v) is 19.6. The molecule has 0 aliphatic heterocycles. The van der Waals surface area contributed by atoms with Gasteiger partial charge in [-0.1, -0.05) is 72.8 Å². The fraction of sp³-hybridized carbons (Fsp3) is 0. The zero-order chi connectivity index (χ0) is 24.2. The van der Waals surface area contributed by atoms with Crippen LogP contribution in [-0.2, 0) is 0 Å². The van der Waals surface area contributed by atoms with Crippen molar-refractivity contribution in [3.8, 4) is 0 Å². The van der Waals surface area contributed by atoms with E-state index in [1.165, 1.54) is 21.5 Å². The van der Waals surface area contributed by atoms with E-state index in [1.54, 1.807) is 0 Å². The van der Waals surface area contributed by atoms with Gasteiger partial charge >= 0.3 is 0 Å². The maximum Gasteiger partial charge on any atom is 0.0858 e. The average molecular weight is 465 g/mol. The molecule has 0 saturated carbocycles. The van der Waals surface area contributed by atoms with Gasteiger partial charge in [-0.3, -0.25) is 0 Å². The Kier molecular flexibility index (Phi) is 5.83. The Labute approximate surface area is 210 Å². The van der Waals surface area contributed by atoms with Crippen LogP contribution in [0.2, 0.25) is 0 Å². The van der Waals surface area contributed by atoms with E-state index in [1.807, 2.05) is 48.5 Å². The van der Waals surface area contributed by atoms with Gasteiger partial charge in [-0.2, -0.15) is 10.2 Å². The molecule has 0 aliphatic rings. The van der Waals surface area contributed by atoms with Gasteiger partial charge in [0.25, 0.3) is 0 Å². The van der Waals surface area contributed by atoms with Gasteiger partial charge in [0.15, 0.2) is 0 Å². The van der Waals surface area contributed by atoms with Crippen LogP contribution in [0, 0.1) is 0 Å². The molecule has 4 nitrogen and oxygen atoms in total. The van der Waals surface area contributed by atoms with Crippen LogP contribution >= 0.6 is 0 Å². The quantitative estimate of drug-likeness (QED) is 0.241. The van der Waals surface area contributed by atoms with Crippen molar-refractivity contribution in [2.45, 2.75) is 0 Å². The van der Waals surface area contributed by atoms with Crippen molar-refractivity contribution in [3.05, 3.63) is 133 Å². The molecule has 36 heavy (non-hydrogen) atoms. The summed E-state index contributed by atoms with van der Waals surface area (Å²) in [6.07, 6.45) is 0. The largest absolute Gasteiger partial charge is 0.355 e. The van der Waals surface area contributed by atoms with Crippen molar-refractivity contribution in [2.75, 3.05) is 10.6 Å². The van der Waals surface area contributed by atoms with Crippen LogP contribution < -0.4 is 10.6 Å². The number of azo groups is 1. The maximum atomic E-state index is 4.41. The molecular formula is C32H24N4. The highest BCUT2D eigenvalue weighted by Gasteiger charge is 2.03. The van der Waals surface area contributed by atoms with Crippen LogP contribution in [0.1, 0.15) is 0 Å². The number of fused-ring (bicyclic) bond motifs is 2. The lowest BCUT2D eigenvalue weighted by atomic mass is 10.1. The average Bonchev–Trinajstić information content (AvgIpc) is 2.94. The molecule has 6 rings (SSSR count). The van der Waals surface area contributed by atoms with Gasteiger partial charge in [0.05, 0.1) is 11.4 Å². The number of rotatable bonds is 6. The summed E-state index contributed by atoms with van der Waals surface area (Å²) in [5.74, 6) is 0. The first-order valence-electron chi connectivity index (χ1n) is 11.9. The summed E-state index contributed by atoms with van der Waals surface area (Å²) in [7, 11) is 0. The molecule has 0 unspecified atom stereocenters. The third-order valence-corrected chi connectivity index (χ3v) is 6.15. The van der Waals surface area contributed by atoms with E-state index in [9.17, 15) is 0 Å². The summed E-state index contributed by atoms with van der Waals surface area (Å²) in [5, 5.41) is 20.6. The molecular weight excluding hydrogens is 440 g/mol. The summed E-state index contributed by atoms with van der Waals surface area (Å²) in [4.78, 5) is 0. The van der Waals surface area contributed by atoms with Gasteiger partial charge in [0.1, 0.15) is 0 Å². The number of nitrogens with one attached hydrogen (secondary N) is 2. The number of benzene rings is 6. The maximum absolute atomic E-state index is 4.41. The molecule has 0 saturated heterocycles. The number of nitrogens with zero attached hydrogens (tertiary/aromatic N) is 2. The van der Waals surface area contributed by atoms with Crippen LogP contribution in [0.25, 0.3) is 21.5 Å². The molecule has 0 atom stereocenters. The molecule has 2 N–H and O–H groups in total. The Hall–Kier alpha value is -4.96. The standard InChI is InChI=1S/C32H24N4/c1-3-11-29-23(7-1)9-5-13-31(29)33-25-15-19-27(20-16-25)35-36-28-21-17-26(18-22-28)34-32-14-6-10-24-8-2-4-12-30(24)32/h1-22,33-34H. The van der Waals surface area contributed by atoms with E-state index < -0.39 is 0 Å². The van der Waals surface area contributed by atoms with Crippen molar-refractivity contribution in [3.63, 3.8) is 0 Å². The second-order valence-electron chi connectivity index (χ2n) is 8.60. The fourth-order valence-electron chi connectivity index (χ4n) is 4.32. The van der Waals surface area contributed by atoms with Crippen molar-refractivity contribution >= 4 is 55.7 Å². The summed E-state index contributed by atoms with van der Waals surface area (Å²) < 4.78 is 0. The van der Waals surface area contributed by atoms with E-state index in [0.29, 0.717) is 0 Å². The second kappa shape index (κ2) is 9.72. The van der Waals surface area contributed by atoms with E-state index in [2.05, 4.69) is 106 Å². The van der Waals surface area contributed by atoms with Crippen molar-refractivity contribution in [1.29, 1.82) is 0 Å². The SMILES string of the molecule is c1ccc2c(Nc3ccc(N=Nc4ccc(Nc5cccc6ccccc56)cc4)cc3)cccc2c1. The number of anilines is 4. The van der Waals surface area contributed by atoms with Crippen LogP contribution in [0.15, 0.2) is 144 Å². The lowest BCUT2D eigenvalue weighted by Gasteiger charge is -2.10. The normalized spacial score (nSPS) is 11.2. The van der Waals surface area contributed by atoms with E-state index >= 15 is 0 Å². The second-order valence-corrected chi connectivity index (χ2v) is 8.60. The number of hydrogen-bond acceptors (Lipinski definition) is 4. The Morgan fingerprint density at radius 3 is 1.19 bits per heavy atom. The Bertz CT molecular complexity index is 1530. The Morgan fingerprint density at radius 2 is 0.750 bits per heavy atom. The summed E-state index contributed by atoms with van der Waals surface area (Å²) in [6, 6.07) is 45.2. The Morgan fingerprint density at radius 1 is 0.361 bits per heavy atom. The van der Waals surface area contributed by atoms with Gasteiger partial charge in [-0.25, -0.2) is 0 Å². The molecule has 4 heteroatoms. The van der Waals surface area contributed by atoms with Gasteiger partial charge in [-0.05, 0) is 71.4 Å². The zero-order valence-electron chi connectivity index (χ0n) is 19.6. The third-order valence-electron chi connectivity index (χ3n) is 6.15. The third kappa shape index (κ3) is 4.65.